The van der Waals surface area contributed by atoms with Gasteiger partial charge in [0.15, 0.2) is 12.9 Å². The second-order valence-corrected chi connectivity index (χ2v) is 12.4. The smallest absolute Gasteiger partial charge is 0.344 e. The fourth-order valence-electron chi connectivity index (χ4n) is 6.44. The lowest BCUT2D eigenvalue weighted by Gasteiger charge is -2.26. The Balaban J connectivity index is 1.18. The third-order valence-corrected chi connectivity index (χ3v) is 10.3. The van der Waals surface area contributed by atoms with E-state index in [1.54, 1.807) is 0 Å². The van der Waals surface area contributed by atoms with Crippen LogP contribution in [-0.2, 0) is 14.3 Å². The number of hydrogen-bond donors (Lipinski definition) is 2. The first kappa shape index (κ1) is 23.6. The van der Waals surface area contributed by atoms with Crippen LogP contribution in [0.4, 0.5) is 0 Å². The average molecular weight is 505 g/mol. The third-order valence-electron chi connectivity index (χ3n) is 7.91. The highest BCUT2D eigenvalue weighted by Crippen LogP contribution is 2.57. The molecule has 3 aliphatic rings. The number of hydrogen-bond acceptors (Lipinski definition) is 5. The van der Waals surface area contributed by atoms with Crippen LogP contribution in [0.1, 0.15) is 24.0 Å². The zero-order chi connectivity index (χ0) is 24.8. The van der Waals surface area contributed by atoms with E-state index in [1.165, 1.54) is 14.7 Å². The number of esters is 1. The molecule has 188 valence electrons. The van der Waals surface area contributed by atoms with Gasteiger partial charge in [0.05, 0.1) is 0 Å². The van der Waals surface area contributed by atoms with Crippen LogP contribution in [0.2, 0.25) is 0 Å². The zero-order valence-corrected chi connectivity index (χ0v) is 21.4. The number of carbonyl (C=O) groups is 1. The van der Waals surface area contributed by atoms with Crippen LogP contribution in [0.15, 0.2) is 87.5 Å². The highest BCUT2D eigenvalue weighted by molar-refractivity contribution is 8.17. The SMILES string of the molecule is Cc1cc([SH](c2ccccc2)c2ccccc2)cc(C)c1OCC(=O)OC1C2CC3C(O)OC1C3C2. The third kappa shape index (κ3) is 4.21. The van der Waals surface area contributed by atoms with Gasteiger partial charge >= 0.3 is 5.97 Å². The van der Waals surface area contributed by atoms with Gasteiger partial charge in [0, 0.05) is 5.92 Å². The zero-order valence-electron chi connectivity index (χ0n) is 20.5. The van der Waals surface area contributed by atoms with Gasteiger partial charge in [-0.15, -0.1) is 0 Å². The van der Waals surface area contributed by atoms with E-state index >= 15 is 0 Å². The first-order chi connectivity index (χ1) is 17.5. The summed E-state index contributed by atoms with van der Waals surface area (Å²) in [5, 5.41) is 10.1. The summed E-state index contributed by atoms with van der Waals surface area (Å²) in [4.78, 5) is 16.5. The van der Waals surface area contributed by atoms with Crippen LogP contribution in [0, 0.1) is 31.6 Å². The molecule has 2 bridgehead atoms. The lowest BCUT2D eigenvalue weighted by atomic mass is 9.87. The molecule has 3 fully saturated rings. The number of carbonyl (C=O) groups excluding carboxylic acids is 1. The number of aliphatic hydroxyl groups excluding tert-OH is 1. The Bertz CT molecular complexity index is 1180. The number of aryl methyl sites for hydroxylation is 2. The first-order valence-corrected chi connectivity index (χ1v) is 14.0. The van der Waals surface area contributed by atoms with Gasteiger partial charge in [0.1, 0.15) is 18.0 Å². The molecule has 5 nitrogen and oxygen atoms in total. The maximum absolute atomic E-state index is 12.7. The Morgan fingerprint density at radius 1 is 0.917 bits per heavy atom. The molecule has 6 atom stereocenters. The molecule has 1 heterocycles. The second kappa shape index (κ2) is 9.58. The summed E-state index contributed by atoms with van der Waals surface area (Å²) in [7, 11) is -0.713. The highest BCUT2D eigenvalue weighted by Gasteiger charge is 2.62. The van der Waals surface area contributed by atoms with Gasteiger partial charge in [-0.25, -0.2) is 4.79 Å². The van der Waals surface area contributed by atoms with Crippen LogP contribution < -0.4 is 4.74 Å². The Hall–Kier alpha value is -2.80. The van der Waals surface area contributed by atoms with Crippen LogP contribution in [0.5, 0.6) is 5.75 Å². The van der Waals surface area contributed by atoms with Crippen molar-refractivity contribution >= 4 is 16.9 Å². The molecule has 1 N–H and O–H groups in total. The maximum atomic E-state index is 12.7. The largest absolute Gasteiger partial charge is 0.481 e. The van der Waals surface area contributed by atoms with E-state index in [1.807, 2.05) is 26.0 Å². The van der Waals surface area contributed by atoms with E-state index in [2.05, 4.69) is 60.7 Å². The van der Waals surface area contributed by atoms with Crippen molar-refractivity contribution < 1.29 is 24.1 Å². The normalized spacial score (nSPS) is 28.2. The summed E-state index contributed by atoms with van der Waals surface area (Å²) in [6, 6.07) is 25.6. The van der Waals surface area contributed by atoms with Crippen molar-refractivity contribution in [2.24, 2.45) is 17.8 Å². The highest BCUT2D eigenvalue weighted by atomic mass is 32.2. The molecular formula is C30H32O5S. The number of rotatable bonds is 7. The van der Waals surface area contributed by atoms with Crippen LogP contribution in [-0.4, -0.2) is 36.2 Å². The predicted molar refractivity (Wildman–Crippen MR) is 139 cm³/mol. The molecular weight excluding hydrogens is 472 g/mol. The molecule has 36 heavy (non-hydrogen) atoms. The lowest BCUT2D eigenvalue weighted by molar-refractivity contribution is -0.167. The van der Waals surface area contributed by atoms with Gasteiger partial charge < -0.3 is 19.3 Å². The summed E-state index contributed by atoms with van der Waals surface area (Å²) in [5.41, 5.74) is 2.00. The van der Waals surface area contributed by atoms with Crippen molar-refractivity contribution in [2.45, 2.75) is 59.9 Å². The molecule has 0 amide bonds. The lowest BCUT2D eigenvalue weighted by Crippen LogP contribution is -2.37. The van der Waals surface area contributed by atoms with E-state index in [-0.39, 0.29) is 36.6 Å². The summed E-state index contributed by atoms with van der Waals surface area (Å²) in [6.07, 6.45) is 0.671. The molecule has 6 rings (SSSR count). The van der Waals surface area contributed by atoms with Gasteiger partial charge in [-0.1, -0.05) is 36.4 Å². The predicted octanol–water partition coefficient (Wildman–Crippen LogP) is 5.45. The monoisotopic (exact) mass is 504 g/mol. The van der Waals surface area contributed by atoms with E-state index in [0.29, 0.717) is 5.92 Å². The number of aliphatic hydroxyl groups is 1. The van der Waals surface area contributed by atoms with Crippen LogP contribution >= 0.6 is 10.9 Å². The number of ether oxygens (including phenoxy) is 3. The van der Waals surface area contributed by atoms with Gasteiger partial charge in [-0.2, -0.15) is 10.9 Å². The minimum atomic E-state index is -0.717. The Labute approximate surface area is 214 Å². The molecule has 1 saturated heterocycles. The summed E-state index contributed by atoms with van der Waals surface area (Å²) < 4.78 is 17.5. The maximum Gasteiger partial charge on any atom is 0.344 e. The quantitative estimate of drug-likeness (QED) is 0.331. The molecule has 6 unspecified atom stereocenters. The van der Waals surface area contributed by atoms with Crippen molar-refractivity contribution in [2.75, 3.05) is 6.61 Å². The van der Waals surface area contributed by atoms with E-state index in [0.717, 1.165) is 29.7 Å². The number of benzene rings is 3. The van der Waals surface area contributed by atoms with E-state index in [4.69, 9.17) is 14.2 Å². The second-order valence-electron chi connectivity index (χ2n) is 10.2. The molecule has 2 saturated carbocycles. The topological polar surface area (TPSA) is 65.0 Å². The minimum absolute atomic E-state index is 0.139. The summed E-state index contributed by atoms with van der Waals surface area (Å²) in [5.74, 6) is 1.14. The Morgan fingerprint density at radius 2 is 1.50 bits per heavy atom. The van der Waals surface area contributed by atoms with Crippen LogP contribution in [0.3, 0.4) is 0 Å². The Kier molecular flexibility index (Phi) is 6.28. The average Bonchev–Trinajstić information content (AvgIpc) is 3.51. The van der Waals surface area contributed by atoms with Crippen molar-refractivity contribution in [1.82, 2.24) is 0 Å². The fourth-order valence-corrected chi connectivity index (χ4v) is 8.92. The molecule has 6 heteroatoms. The minimum Gasteiger partial charge on any atom is -0.481 e. The molecule has 0 aromatic heterocycles. The number of fused-ring (bicyclic) bond motifs is 1. The van der Waals surface area contributed by atoms with Crippen LogP contribution in [0.25, 0.3) is 0 Å². The standard InChI is InChI=1S/C30H32O5S/c1-18-13-23(36(21-9-5-3-6-10-21)22-11-7-4-8-12-22)14-19(2)27(18)33-17-26(31)34-28-20-15-24-25(16-20)30(32)35-29(24)28/h3-14,20,24-25,28-30,32,36H,15-17H2,1-2H3. The van der Waals surface area contributed by atoms with Gasteiger partial charge in [0.2, 0.25) is 0 Å². The summed E-state index contributed by atoms with van der Waals surface area (Å²) in [6.45, 7) is 3.93. The van der Waals surface area contributed by atoms with Gasteiger partial charge in [-0.05, 0) is 101 Å². The van der Waals surface area contributed by atoms with Crippen molar-refractivity contribution in [3.63, 3.8) is 0 Å². The van der Waals surface area contributed by atoms with E-state index in [9.17, 15) is 9.90 Å². The van der Waals surface area contributed by atoms with Crippen molar-refractivity contribution in [3.05, 3.63) is 83.9 Å². The summed E-state index contributed by atoms with van der Waals surface area (Å²) >= 11 is 0. The Morgan fingerprint density at radius 3 is 2.11 bits per heavy atom. The fraction of sp³-hybridized carbons (Fsp3) is 0.367. The molecule has 1 aliphatic heterocycles. The first-order valence-electron chi connectivity index (χ1n) is 12.7. The van der Waals surface area contributed by atoms with Crippen molar-refractivity contribution in [3.8, 4) is 5.75 Å². The van der Waals surface area contributed by atoms with Crippen molar-refractivity contribution in [1.29, 1.82) is 0 Å². The van der Waals surface area contributed by atoms with Gasteiger partial charge in [-0.3, -0.25) is 0 Å². The molecule has 2 aliphatic carbocycles. The number of thiol groups is 1. The molecule has 3 aromatic carbocycles. The molecule has 3 aromatic rings. The molecule has 0 spiro atoms. The molecule has 0 radical (unpaired) electrons. The van der Waals surface area contributed by atoms with E-state index < -0.39 is 17.2 Å². The van der Waals surface area contributed by atoms with Gasteiger partial charge in [0.25, 0.3) is 0 Å².